The van der Waals surface area contributed by atoms with E-state index >= 15 is 0 Å². The van der Waals surface area contributed by atoms with Gasteiger partial charge in [-0.15, -0.1) is 12.4 Å². The summed E-state index contributed by atoms with van der Waals surface area (Å²) in [5.74, 6) is 0.257. The summed E-state index contributed by atoms with van der Waals surface area (Å²) in [7, 11) is -1.81. The van der Waals surface area contributed by atoms with Gasteiger partial charge in [0.05, 0.1) is 6.20 Å². The monoisotopic (exact) mass is 294 g/mol. The third-order valence-electron chi connectivity index (χ3n) is 3.29. The van der Waals surface area contributed by atoms with E-state index in [0.717, 1.165) is 6.42 Å². The number of aromatic nitrogens is 2. The van der Waals surface area contributed by atoms with Crippen molar-refractivity contribution in [2.45, 2.75) is 24.4 Å². The molecule has 2 rings (SSSR count). The standard InChI is InChI=1S/C10H18N4O2S.ClH/c1-8-5-9(6-11)7-14(8)17(15,16)10-3-4-12-13(10)2;/h3-4,8-9H,5-7,11H2,1-2H3;1H. The van der Waals surface area contributed by atoms with Gasteiger partial charge in [-0.3, -0.25) is 4.68 Å². The normalized spacial score (nSPS) is 25.1. The van der Waals surface area contributed by atoms with E-state index in [-0.39, 0.29) is 29.4 Å². The molecule has 1 saturated heterocycles. The number of halogens is 1. The lowest BCUT2D eigenvalue weighted by molar-refractivity contribution is 0.399. The predicted molar refractivity (Wildman–Crippen MR) is 71.0 cm³/mol. The molecule has 2 atom stereocenters. The molecule has 0 bridgehead atoms. The van der Waals surface area contributed by atoms with E-state index in [0.29, 0.717) is 13.1 Å². The molecule has 1 aliphatic rings. The van der Waals surface area contributed by atoms with Gasteiger partial charge in [-0.25, -0.2) is 8.42 Å². The zero-order valence-electron chi connectivity index (χ0n) is 10.5. The second kappa shape index (κ2) is 5.56. The first-order valence-electron chi connectivity index (χ1n) is 5.66. The summed E-state index contributed by atoms with van der Waals surface area (Å²) in [6.45, 7) is 2.95. The Labute approximate surface area is 114 Å². The quantitative estimate of drug-likeness (QED) is 0.863. The van der Waals surface area contributed by atoms with Crippen molar-refractivity contribution < 1.29 is 8.42 Å². The van der Waals surface area contributed by atoms with Crippen LogP contribution in [0.5, 0.6) is 0 Å². The minimum atomic E-state index is -3.44. The molecule has 6 nitrogen and oxygen atoms in total. The average molecular weight is 295 g/mol. The summed E-state index contributed by atoms with van der Waals surface area (Å²) in [6.07, 6.45) is 2.32. The smallest absolute Gasteiger partial charge is 0.260 e. The Morgan fingerprint density at radius 3 is 2.67 bits per heavy atom. The van der Waals surface area contributed by atoms with Crippen molar-refractivity contribution in [3.8, 4) is 0 Å². The number of hydrogen-bond acceptors (Lipinski definition) is 4. The maximum absolute atomic E-state index is 12.4. The molecule has 18 heavy (non-hydrogen) atoms. The average Bonchev–Trinajstić information content (AvgIpc) is 2.84. The fourth-order valence-electron chi connectivity index (χ4n) is 2.35. The number of nitrogens with zero attached hydrogens (tertiary/aromatic N) is 3. The Kier molecular flexibility index (Phi) is 4.77. The molecule has 1 aromatic rings. The van der Waals surface area contributed by atoms with Crippen molar-refractivity contribution in [1.29, 1.82) is 0 Å². The zero-order valence-corrected chi connectivity index (χ0v) is 12.1. The van der Waals surface area contributed by atoms with Crippen LogP contribution >= 0.6 is 12.4 Å². The first-order valence-corrected chi connectivity index (χ1v) is 7.10. The number of rotatable bonds is 3. The van der Waals surface area contributed by atoms with Crippen LogP contribution in [-0.4, -0.2) is 41.6 Å². The number of hydrogen-bond donors (Lipinski definition) is 1. The molecule has 0 radical (unpaired) electrons. The molecular weight excluding hydrogens is 276 g/mol. The van der Waals surface area contributed by atoms with Gasteiger partial charge in [0.2, 0.25) is 0 Å². The maximum atomic E-state index is 12.4. The molecule has 0 spiro atoms. The summed E-state index contributed by atoms with van der Waals surface area (Å²) < 4.78 is 27.7. The summed E-state index contributed by atoms with van der Waals surface area (Å²) in [4.78, 5) is 0. The number of sulfonamides is 1. The fourth-order valence-corrected chi connectivity index (χ4v) is 4.17. The van der Waals surface area contributed by atoms with E-state index in [4.69, 9.17) is 5.73 Å². The number of nitrogens with two attached hydrogens (primary N) is 1. The van der Waals surface area contributed by atoms with Crippen LogP contribution in [0.1, 0.15) is 13.3 Å². The predicted octanol–water partition coefficient (Wildman–Crippen LogP) is 0.200. The molecule has 2 heterocycles. The molecule has 0 aliphatic carbocycles. The first kappa shape index (κ1) is 15.4. The molecule has 2 N–H and O–H groups in total. The van der Waals surface area contributed by atoms with E-state index < -0.39 is 10.0 Å². The zero-order chi connectivity index (χ0) is 12.6. The molecule has 104 valence electrons. The van der Waals surface area contributed by atoms with E-state index in [1.165, 1.54) is 21.3 Å². The first-order chi connectivity index (χ1) is 7.96. The topological polar surface area (TPSA) is 81.2 Å². The van der Waals surface area contributed by atoms with Crippen molar-refractivity contribution >= 4 is 22.4 Å². The highest BCUT2D eigenvalue weighted by Crippen LogP contribution is 2.28. The van der Waals surface area contributed by atoms with Gasteiger partial charge in [0.15, 0.2) is 5.03 Å². The van der Waals surface area contributed by atoms with Crippen molar-refractivity contribution in [3.63, 3.8) is 0 Å². The van der Waals surface area contributed by atoms with Crippen LogP contribution in [0.3, 0.4) is 0 Å². The Morgan fingerprint density at radius 2 is 2.22 bits per heavy atom. The summed E-state index contributed by atoms with van der Waals surface area (Å²) >= 11 is 0. The third kappa shape index (κ3) is 2.54. The lowest BCUT2D eigenvalue weighted by Crippen LogP contribution is -2.35. The second-order valence-corrected chi connectivity index (χ2v) is 6.39. The molecule has 1 aliphatic heterocycles. The van der Waals surface area contributed by atoms with E-state index in [2.05, 4.69) is 5.10 Å². The molecule has 0 amide bonds. The summed E-state index contributed by atoms with van der Waals surface area (Å²) in [5, 5.41) is 4.14. The van der Waals surface area contributed by atoms with Gasteiger partial charge in [-0.1, -0.05) is 0 Å². The minimum Gasteiger partial charge on any atom is -0.330 e. The van der Waals surface area contributed by atoms with Gasteiger partial charge in [0.25, 0.3) is 10.0 Å². The highest BCUT2D eigenvalue weighted by Gasteiger charge is 2.38. The SMILES string of the molecule is CC1CC(CN)CN1S(=O)(=O)c1ccnn1C.Cl. The lowest BCUT2D eigenvalue weighted by Gasteiger charge is -2.20. The van der Waals surface area contributed by atoms with Crippen LogP contribution in [0, 0.1) is 5.92 Å². The maximum Gasteiger partial charge on any atom is 0.260 e. The minimum absolute atomic E-state index is 0. The molecule has 8 heteroatoms. The van der Waals surface area contributed by atoms with Crippen LogP contribution in [0.25, 0.3) is 0 Å². The summed E-state index contributed by atoms with van der Waals surface area (Å²) in [6, 6.07) is 1.53. The Morgan fingerprint density at radius 1 is 1.56 bits per heavy atom. The van der Waals surface area contributed by atoms with Gasteiger partial charge in [-0.2, -0.15) is 9.40 Å². The Hall–Kier alpha value is -0.630. The van der Waals surface area contributed by atoms with Crippen LogP contribution in [0.2, 0.25) is 0 Å². The van der Waals surface area contributed by atoms with Crippen LogP contribution < -0.4 is 5.73 Å². The van der Waals surface area contributed by atoms with Crippen molar-refractivity contribution in [1.82, 2.24) is 14.1 Å². The fraction of sp³-hybridized carbons (Fsp3) is 0.700. The van der Waals surface area contributed by atoms with E-state index in [1.807, 2.05) is 6.92 Å². The Bertz CT molecular complexity index is 502. The molecular formula is C10H19ClN4O2S. The molecule has 1 fully saturated rings. The van der Waals surface area contributed by atoms with Crippen molar-refractivity contribution in [2.75, 3.05) is 13.1 Å². The van der Waals surface area contributed by atoms with Gasteiger partial charge < -0.3 is 5.73 Å². The van der Waals surface area contributed by atoms with E-state index in [9.17, 15) is 8.42 Å². The molecule has 1 aromatic heterocycles. The van der Waals surface area contributed by atoms with Gasteiger partial charge in [0, 0.05) is 19.6 Å². The largest absolute Gasteiger partial charge is 0.330 e. The highest BCUT2D eigenvalue weighted by molar-refractivity contribution is 7.89. The molecule has 0 aromatic carbocycles. The van der Waals surface area contributed by atoms with Gasteiger partial charge in [0.1, 0.15) is 0 Å². The molecule has 0 saturated carbocycles. The van der Waals surface area contributed by atoms with E-state index in [1.54, 1.807) is 7.05 Å². The number of aryl methyl sites for hydroxylation is 1. The third-order valence-corrected chi connectivity index (χ3v) is 5.34. The van der Waals surface area contributed by atoms with Crippen LogP contribution in [0.15, 0.2) is 17.3 Å². The van der Waals surface area contributed by atoms with Crippen LogP contribution in [0.4, 0.5) is 0 Å². The highest BCUT2D eigenvalue weighted by atomic mass is 35.5. The Balaban J connectivity index is 0.00000162. The lowest BCUT2D eigenvalue weighted by atomic mass is 10.1. The van der Waals surface area contributed by atoms with Crippen LogP contribution in [-0.2, 0) is 17.1 Å². The van der Waals surface area contributed by atoms with Gasteiger partial charge >= 0.3 is 0 Å². The van der Waals surface area contributed by atoms with Gasteiger partial charge in [-0.05, 0) is 31.9 Å². The summed E-state index contributed by atoms with van der Waals surface area (Å²) in [5.41, 5.74) is 5.61. The molecule has 2 unspecified atom stereocenters. The van der Waals surface area contributed by atoms with Crippen molar-refractivity contribution in [3.05, 3.63) is 12.3 Å². The van der Waals surface area contributed by atoms with Crippen molar-refractivity contribution in [2.24, 2.45) is 18.7 Å². The second-order valence-electron chi connectivity index (χ2n) is 4.55.